The number of nitro groups is 1. The van der Waals surface area contributed by atoms with Gasteiger partial charge in [0.15, 0.2) is 0 Å². The average Bonchev–Trinajstić information content (AvgIpc) is 2.93. The molecule has 172 valence electrons. The van der Waals surface area contributed by atoms with Crippen LogP contribution in [0.4, 0.5) is 11.4 Å². The molecule has 10 nitrogen and oxygen atoms in total. The van der Waals surface area contributed by atoms with Gasteiger partial charge in [-0.1, -0.05) is 18.2 Å². The van der Waals surface area contributed by atoms with Gasteiger partial charge in [0.25, 0.3) is 5.69 Å². The summed E-state index contributed by atoms with van der Waals surface area (Å²) in [4.78, 5) is 34.7. The summed E-state index contributed by atoms with van der Waals surface area (Å²) in [5.74, 6) is -2.07. The Balaban J connectivity index is 1.78. The van der Waals surface area contributed by atoms with E-state index in [1.54, 1.807) is 6.08 Å². The topological polar surface area (TPSA) is 142 Å². The molecule has 2 aromatic rings. The van der Waals surface area contributed by atoms with Crippen molar-refractivity contribution >= 4 is 29.4 Å². The Hall–Kier alpha value is -3.92. The number of benzene rings is 2. The van der Waals surface area contributed by atoms with E-state index in [-0.39, 0.29) is 12.2 Å². The smallest absolute Gasteiger partial charge is 0.317 e. The Morgan fingerprint density at radius 3 is 2.42 bits per heavy atom. The number of nitrogens with one attached hydrogen (secondary N) is 1. The van der Waals surface area contributed by atoms with Crippen LogP contribution in [0.15, 0.2) is 42.5 Å². The third-order valence-electron chi connectivity index (χ3n) is 6.11. The number of carboxylic acid groups (broad SMARTS) is 2. The number of hydrogen-bond donors (Lipinski definition) is 3. The summed E-state index contributed by atoms with van der Waals surface area (Å²) in [6.07, 6.45) is 3.57. The summed E-state index contributed by atoms with van der Waals surface area (Å²) in [6.45, 7) is 2.81. The maximum absolute atomic E-state index is 11.5. The summed E-state index contributed by atoms with van der Waals surface area (Å²) in [7, 11) is 0. The van der Waals surface area contributed by atoms with Gasteiger partial charge in [0.1, 0.15) is 5.75 Å². The minimum atomic E-state index is -1.21. The maximum Gasteiger partial charge on any atom is 0.317 e. The van der Waals surface area contributed by atoms with Crippen molar-refractivity contribution in [3.63, 3.8) is 0 Å². The molecule has 0 saturated carbocycles. The Bertz CT molecular complexity index is 1170. The quantitative estimate of drug-likeness (QED) is 0.426. The molecule has 0 bridgehead atoms. The zero-order valence-corrected chi connectivity index (χ0v) is 18.1. The standard InChI is InChI=1S/C23H23N3O7/c1-22(2)17-5-3-4-6-18(17)24-23(22)8-7-14-9-16(26(31)32)10-15(21(14)33-23)11-25(12-19(27)28)13-20(29)30/h3-10,24H,11-13H2,1-2H3,(H,27,28)(H,29,30)/t23-/m0/s1. The first-order valence-electron chi connectivity index (χ1n) is 10.3. The summed E-state index contributed by atoms with van der Waals surface area (Å²) in [5, 5.41) is 33.3. The molecule has 10 heteroatoms. The lowest BCUT2D eigenvalue weighted by atomic mass is 9.76. The molecule has 2 heterocycles. The van der Waals surface area contributed by atoms with E-state index in [0.29, 0.717) is 16.9 Å². The Morgan fingerprint density at radius 1 is 1.15 bits per heavy atom. The highest BCUT2D eigenvalue weighted by Gasteiger charge is 2.54. The molecule has 0 amide bonds. The van der Waals surface area contributed by atoms with Crippen molar-refractivity contribution in [1.29, 1.82) is 0 Å². The number of rotatable bonds is 7. The molecule has 3 N–H and O–H groups in total. The van der Waals surface area contributed by atoms with Crippen LogP contribution in [0, 0.1) is 10.1 Å². The van der Waals surface area contributed by atoms with Gasteiger partial charge in [-0.15, -0.1) is 0 Å². The van der Waals surface area contributed by atoms with Crippen molar-refractivity contribution in [3.8, 4) is 5.75 Å². The molecule has 0 unspecified atom stereocenters. The van der Waals surface area contributed by atoms with Crippen LogP contribution < -0.4 is 10.1 Å². The van der Waals surface area contributed by atoms with Crippen molar-refractivity contribution in [2.75, 3.05) is 18.4 Å². The summed E-state index contributed by atoms with van der Waals surface area (Å²) in [6, 6.07) is 10.5. The van der Waals surface area contributed by atoms with Crippen molar-refractivity contribution < 1.29 is 29.5 Å². The predicted octanol–water partition coefficient (Wildman–Crippen LogP) is 3.07. The number of ether oxygens (including phenoxy) is 1. The second-order valence-electron chi connectivity index (χ2n) is 8.68. The molecule has 0 fully saturated rings. The van der Waals surface area contributed by atoms with Gasteiger partial charge in [-0.25, -0.2) is 0 Å². The second kappa shape index (κ2) is 7.89. The van der Waals surface area contributed by atoms with Gasteiger partial charge in [0, 0.05) is 35.5 Å². The fourth-order valence-corrected chi connectivity index (χ4v) is 4.46. The third kappa shape index (κ3) is 3.89. The number of carbonyl (C=O) groups is 2. The van der Waals surface area contributed by atoms with E-state index in [1.165, 1.54) is 17.0 Å². The van der Waals surface area contributed by atoms with Crippen molar-refractivity contribution in [3.05, 3.63) is 69.3 Å². The lowest BCUT2D eigenvalue weighted by Crippen LogP contribution is -2.53. The van der Waals surface area contributed by atoms with E-state index < -0.39 is 41.1 Å². The van der Waals surface area contributed by atoms with Gasteiger partial charge in [-0.2, -0.15) is 0 Å². The van der Waals surface area contributed by atoms with Crippen molar-refractivity contribution in [2.45, 2.75) is 31.5 Å². The van der Waals surface area contributed by atoms with Gasteiger partial charge in [-0.05, 0) is 37.6 Å². The largest absolute Gasteiger partial charge is 0.480 e. The Labute approximate surface area is 189 Å². The van der Waals surface area contributed by atoms with Crippen LogP contribution in [0.25, 0.3) is 6.08 Å². The zero-order valence-electron chi connectivity index (χ0n) is 18.1. The van der Waals surface area contributed by atoms with Crippen LogP contribution in [0.2, 0.25) is 0 Å². The van der Waals surface area contributed by atoms with Gasteiger partial charge >= 0.3 is 11.9 Å². The Kier molecular flexibility index (Phi) is 5.33. The van der Waals surface area contributed by atoms with E-state index in [0.717, 1.165) is 11.3 Å². The van der Waals surface area contributed by atoms with E-state index in [9.17, 15) is 29.9 Å². The third-order valence-corrected chi connectivity index (χ3v) is 6.11. The molecule has 2 aromatic carbocycles. The number of para-hydroxylation sites is 1. The SMILES string of the molecule is CC1(C)c2ccccc2N[C@]12C=Cc1cc([N+](=O)[O-])cc(CN(CC(=O)O)CC(=O)O)c1O2. The molecule has 2 aliphatic rings. The lowest BCUT2D eigenvalue weighted by Gasteiger charge is -2.42. The second-order valence-corrected chi connectivity index (χ2v) is 8.68. The number of nitro benzene ring substituents is 1. The lowest BCUT2D eigenvalue weighted by molar-refractivity contribution is -0.385. The number of non-ortho nitro benzene ring substituents is 1. The van der Waals surface area contributed by atoms with Gasteiger partial charge in [0.2, 0.25) is 5.72 Å². The average molecular weight is 453 g/mol. The molecule has 33 heavy (non-hydrogen) atoms. The van der Waals surface area contributed by atoms with Crippen molar-refractivity contribution in [2.24, 2.45) is 0 Å². The molecule has 1 spiro atoms. The molecule has 0 radical (unpaired) electrons. The highest BCUT2D eigenvalue weighted by Crippen LogP contribution is 2.51. The Morgan fingerprint density at radius 2 is 1.82 bits per heavy atom. The fraction of sp³-hybridized carbons (Fsp3) is 0.304. The molecular formula is C23H23N3O7. The zero-order chi connectivity index (χ0) is 24.0. The molecular weight excluding hydrogens is 430 g/mol. The van der Waals surface area contributed by atoms with E-state index >= 15 is 0 Å². The summed E-state index contributed by atoms with van der Waals surface area (Å²) < 4.78 is 6.51. The maximum atomic E-state index is 11.5. The monoisotopic (exact) mass is 453 g/mol. The van der Waals surface area contributed by atoms with Crippen molar-refractivity contribution in [1.82, 2.24) is 4.90 Å². The van der Waals surface area contributed by atoms with Gasteiger partial charge in [-0.3, -0.25) is 24.6 Å². The first kappa shape index (κ1) is 22.3. The van der Waals surface area contributed by atoms with Crippen LogP contribution >= 0.6 is 0 Å². The molecule has 2 aliphatic heterocycles. The molecule has 0 saturated heterocycles. The van der Waals surface area contributed by atoms with Crippen LogP contribution in [-0.4, -0.2) is 50.8 Å². The number of fused-ring (bicyclic) bond motifs is 2. The fourth-order valence-electron chi connectivity index (χ4n) is 4.46. The minimum absolute atomic E-state index is 0.153. The van der Waals surface area contributed by atoms with E-state index in [2.05, 4.69) is 5.32 Å². The number of carboxylic acids is 2. The normalized spacial score (nSPS) is 19.5. The molecule has 4 rings (SSSR count). The highest BCUT2D eigenvalue weighted by atomic mass is 16.6. The number of nitrogens with zero attached hydrogens (tertiary/aromatic N) is 2. The number of aliphatic carboxylic acids is 2. The van der Waals surface area contributed by atoms with E-state index in [1.807, 2.05) is 44.2 Å². The minimum Gasteiger partial charge on any atom is -0.480 e. The first-order valence-corrected chi connectivity index (χ1v) is 10.3. The predicted molar refractivity (Wildman–Crippen MR) is 119 cm³/mol. The van der Waals surface area contributed by atoms with Gasteiger partial charge < -0.3 is 20.3 Å². The summed E-state index contributed by atoms with van der Waals surface area (Å²) >= 11 is 0. The first-order chi connectivity index (χ1) is 15.5. The van der Waals surface area contributed by atoms with E-state index in [4.69, 9.17) is 4.74 Å². The number of anilines is 1. The van der Waals surface area contributed by atoms with Gasteiger partial charge in [0.05, 0.1) is 23.4 Å². The van der Waals surface area contributed by atoms with Crippen LogP contribution in [0.3, 0.4) is 0 Å². The van der Waals surface area contributed by atoms with Crippen LogP contribution in [0.5, 0.6) is 5.75 Å². The highest BCUT2D eigenvalue weighted by molar-refractivity contribution is 5.74. The molecule has 1 atom stereocenters. The van der Waals surface area contributed by atoms with Crippen LogP contribution in [-0.2, 0) is 21.5 Å². The number of hydrogen-bond acceptors (Lipinski definition) is 7. The summed E-state index contributed by atoms with van der Waals surface area (Å²) in [5.41, 5.74) is 1.04. The molecule has 0 aromatic heterocycles. The van der Waals surface area contributed by atoms with Crippen LogP contribution in [0.1, 0.15) is 30.5 Å². The molecule has 0 aliphatic carbocycles.